The molecular weight excluding hydrogens is 362 g/mol. The number of imide groups is 1. The van der Waals surface area contributed by atoms with Crippen molar-refractivity contribution >= 4 is 29.5 Å². The summed E-state index contributed by atoms with van der Waals surface area (Å²) in [5.74, 6) is -1.40. The van der Waals surface area contributed by atoms with E-state index in [4.69, 9.17) is 4.74 Å². The molecule has 2 N–H and O–H groups in total. The van der Waals surface area contributed by atoms with Crippen LogP contribution in [0.4, 0.5) is 10.5 Å². The number of anilines is 1. The number of benzene rings is 1. The molecule has 4 amide bonds. The van der Waals surface area contributed by atoms with Gasteiger partial charge in [0.2, 0.25) is 0 Å². The first-order chi connectivity index (χ1) is 13.1. The monoisotopic (exact) mass is 389 g/mol. The van der Waals surface area contributed by atoms with Crippen LogP contribution in [0, 0.1) is 12.8 Å². The second-order valence-corrected chi connectivity index (χ2v) is 7.66. The number of carbonyl (C=O) groups excluding carboxylic acids is 4. The van der Waals surface area contributed by atoms with Crippen molar-refractivity contribution in [2.24, 2.45) is 5.92 Å². The van der Waals surface area contributed by atoms with Gasteiger partial charge in [-0.15, -0.1) is 0 Å². The first-order valence-corrected chi connectivity index (χ1v) is 9.27. The number of aryl methyl sites for hydroxylation is 1. The lowest BCUT2D eigenvalue weighted by Gasteiger charge is -2.22. The van der Waals surface area contributed by atoms with Crippen molar-refractivity contribution in [3.05, 3.63) is 29.8 Å². The Kier molecular flexibility index (Phi) is 6.77. The van der Waals surface area contributed by atoms with Crippen molar-refractivity contribution in [2.45, 2.75) is 46.1 Å². The number of nitrogens with one attached hydrogen (secondary N) is 2. The smallest absolute Gasteiger partial charge is 0.326 e. The normalized spacial score (nSPS) is 19.0. The summed E-state index contributed by atoms with van der Waals surface area (Å²) < 4.78 is 4.91. The van der Waals surface area contributed by atoms with Gasteiger partial charge < -0.3 is 15.4 Å². The summed E-state index contributed by atoms with van der Waals surface area (Å²) in [7, 11) is 0. The van der Waals surface area contributed by atoms with E-state index >= 15 is 0 Å². The Balaban J connectivity index is 1.84. The van der Waals surface area contributed by atoms with Gasteiger partial charge in [-0.3, -0.25) is 19.3 Å². The summed E-state index contributed by atoms with van der Waals surface area (Å²) in [6, 6.07) is 6.56. The standard InChI is InChI=1S/C20H27N3O5/c1-13(2)8-9-20(4)18(26)23(19(27)22-20)11-17(25)28-12-16(24)21-15-7-5-6-14(3)10-15/h5-7,10,13H,8-9,11-12H2,1-4H3,(H,21,24)(H,22,27)/t20-/m0/s1. The summed E-state index contributed by atoms with van der Waals surface area (Å²) in [6.07, 6.45) is 1.25. The van der Waals surface area contributed by atoms with Crippen molar-refractivity contribution in [2.75, 3.05) is 18.5 Å². The third kappa shape index (κ3) is 5.55. The van der Waals surface area contributed by atoms with Crippen LogP contribution in [0.3, 0.4) is 0 Å². The van der Waals surface area contributed by atoms with Gasteiger partial charge in [0.25, 0.3) is 11.8 Å². The highest BCUT2D eigenvalue weighted by molar-refractivity contribution is 6.08. The molecular formula is C20H27N3O5. The molecule has 0 aliphatic carbocycles. The highest BCUT2D eigenvalue weighted by Gasteiger charge is 2.48. The van der Waals surface area contributed by atoms with Crippen molar-refractivity contribution < 1.29 is 23.9 Å². The third-order valence-electron chi connectivity index (χ3n) is 4.52. The lowest BCUT2D eigenvalue weighted by molar-refractivity contribution is -0.150. The van der Waals surface area contributed by atoms with E-state index in [1.165, 1.54) is 0 Å². The molecule has 0 radical (unpaired) electrons. The Morgan fingerprint density at radius 2 is 2.00 bits per heavy atom. The fourth-order valence-corrected chi connectivity index (χ4v) is 2.88. The van der Waals surface area contributed by atoms with E-state index < -0.39 is 42.5 Å². The minimum Gasteiger partial charge on any atom is -0.454 e. The average Bonchev–Trinajstić information content (AvgIpc) is 2.82. The first-order valence-electron chi connectivity index (χ1n) is 9.27. The van der Waals surface area contributed by atoms with E-state index in [-0.39, 0.29) is 0 Å². The highest BCUT2D eigenvalue weighted by Crippen LogP contribution is 2.24. The molecule has 8 nitrogen and oxygen atoms in total. The summed E-state index contributed by atoms with van der Waals surface area (Å²) in [5, 5.41) is 5.26. The number of nitrogens with zero attached hydrogens (tertiary/aromatic N) is 1. The zero-order chi connectivity index (χ0) is 20.9. The average molecular weight is 389 g/mol. The van der Waals surface area contributed by atoms with Gasteiger partial charge in [-0.1, -0.05) is 26.0 Å². The first kappa shape index (κ1) is 21.4. The molecule has 1 atom stereocenters. The van der Waals surface area contributed by atoms with E-state index in [1.807, 2.05) is 26.8 Å². The van der Waals surface area contributed by atoms with Gasteiger partial charge in [-0.05, 0) is 50.3 Å². The molecule has 0 bridgehead atoms. The van der Waals surface area contributed by atoms with Gasteiger partial charge >= 0.3 is 12.0 Å². The maximum absolute atomic E-state index is 12.6. The molecule has 0 unspecified atom stereocenters. The largest absolute Gasteiger partial charge is 0.454 e. The minimum atomic E-state index is -1.02. The van der Waals surface area contributed by atoms with Gasteiger partial charge in [0.05, 0.1) is 0 Å². The Hall–Kier alpha value is -2.90. The maximum Gasteiger partial charge on any atom is 0.326 e. The maximum atomic E-state index is 12.6. The van der Waals surface area contributed by atoms with E-state index in [2.05, 4.69) is 10.6 Å². The molecule has 152 valence electrons. The molecule has 0 spiro atoms. The minimum absolute atomic E-state index is 0.382. The molecule has 0 saturated carbocycles. The molecule has 8 heteroatoms. The number of hydrogen-bond donors (Lipinski definition) is 2. The SMILES string of the molecule is Cc1cccc(NC(=O)COC(=O)CN2C(=O)N[C@@](C)(CCC(C)C)C2=O)c1. The third-order valence-corrected chi connectivity index (χ3v) is 4.52. The second kappa shape index (κ2) is 8.86. The van der Waals surface area contributed by atoms with Gasteiger partial charge in [-0.25, -0.2) is 4.79 Å². The van der Waals surface area contributed by atoms with Gasteiger partial charge in [0.15, 0.2) is 6.61 Å². The van der Waals surface area contributed by atoms with Crippen molar-refractivity contribution in [1.82, 2.24) is 10.2 Å². The van der Waals surface area contributed by atoms with Crippen molar-refractivity contribution in [3.8, 4) is 0 Å². The molecule has 2 rings (SSSR count). The fraction of sp³-hybridized carbons (Fsp3) is 0.500. The number of urea groups is 1. The molecule has 1 heterocycles. The quantitative estimate of drug-likeness (QED) is 0.524. The Labute approximate surface area is 164 Å². The topological polar surface area (TPSA) is 105 Å². The van der Waals surface area contributed by atoms with Crippen molar-refractivity contribution in [1.29, 1.82) is 0 Å². The predicted molar refractivity (Wildman–Crippen MR) is 103 cm³/mol. The molecule has 28 heavy (non-hydrogen) atoms. The number of esters is 1. The second-order valence-electron chi connectivity index (χ2n) is 7.66. The molecule has 1 fully saturated rings. The van der Waals surface area contributed by atoms with Crippen LogP contribution in [0.15, 0.2) is 24.3 Å². The van der Waals surface area contributed by atoms with Crippen LogP contribution in [0.5, 0.6) is 0 Å². The zero-order valence-corrected chi connectivity index (χ0v) is 16.7. The molecule has 1 saturated heterocycles. The van der Waals surface area contributed by atoms with E-state index in [9.17, 15) is 19.2 Å². The van der Waals surface area contributed by atoms with Gasteiger partial charge in [0.1, 0.15) is 12.1 Å². The zero-order valence-electron chi connectivity index (χ0n) is 16.7. The highest BCUT2D eigenvalue weighted by atomic mass is 16.5. The summed E-state index contributed by atoms with van der Waals surface area (Å²) in [4.78, 5) is 49.4. The molecule has 1 aliphatic rings. The van der Waals surface area contributed by atoms with Crippen LogP contribution in [-0.2, 0) is 19.1 Å². The van der Waals surface area contributed by atoms with Crippen molar-refractivity contribution in [3.63, 3.8) is 0 Å². The van der Waals surface area contributed by atoms with Gasteiger partial charge in [0, 0.05) is 5.69 Å². The lowest BCUT2D eigenvalue weighted by Crippen LogP contribution is -2.44. The van der Waals surface area contributed by atoms with Crippen LogP contribution < -0.4 is 10.6 Å². The Morgan fingerprint density at radius 3 is 2.64 bits per heavy atom. The molecule has 0 aromatic heterocycles. The van der Waals surface area contributed by atoms with Gasteiger partial charge in [-0.2, -0.15) is 0 Å². The molecule has 1 aliphatic heterocycles. The Morgan fingerprint density at radius 1 is 1.29 bits per heavy atom. The van der Waals surface area contributed by atoms with Crippen LogP contribution in [0.25, 0.3) is 0 Å². The number of amides is 4. The van der Waals surface area contributed by atoms with Crippen LogP contribution in [0.1, 0.15) is 39.2 Å². The summed E-state index contributed by atoms with van der Waals surface area (Å²) >= 11 is 0. The van der Waals surface area contributed by atoms with E-state index in [0.717, 1.165) is 16.9 Å². The Bertz CT molecular complexity index is 777. The number of ether oxygens (including phenoxy) is 1. The molecule has 1 aromatic carbocycles. The fourth-order valence-electron chi connectivity index (χ4n) is 2.88. The number of carbonyl (C=O) groups is 4. The molecule has 1 aromatic rings. The van der Waals surface area contributed by atoms with Crippen LogP contribution >= 0.6 is 0 Å². The number of hydrogen-bond acceptors (Lipinski definition) is 5. The lowest BCUT2D eigenvalue weighted by atomic mass is 9.92. The van der Waals surface area contributed by atoms with Crippen LogP contribution in [0.2, 0.25) is 0 Å². The number of rotatable bonds is 8. The predicted octanol–water partition coefficient (Wildman–Crippen LogP) is 2.22. The summed E-state index contributed by atoms with van der Waals surface area (Å²) in [5.41, 5.74) is 0.550. The van der Waals surface area contributed by atoms with E-state index in [0.29, 0.717) is 18.0 Å². The van der Waals surface area contributed by atoms with E-state index in [1.54, 1.807) is 25.1 Å². The summed E-state index contributed by atoms with van der Waals surface area (Å²) in [6.45, 7) is 6.57. The van der Waals surface area contributed by atoms with Crippen LogP contribution in [-0.4, -0.2) is 47.4 Å².